The van der Waals surface area contributed by atoms with Gasteiger partial charge in [-0.2, -0.15) is 0 Å². The zero-order chi connectivity index (χ0) is 12.5. The van der Waals surface area contributed by atoms with E-state index in [-0.39, 0.29) is 5.41 Å². The van der Waals surface area contributed by atoms with Gasteiger partial charge in [-0.3, -0.25) is 4.79 Å². The van der Waals surface area contributed by atoms with Gasteiger partial charge in [-0.1, -0.05) is 39.0 Å². The lowest BCUT2D eigenvalue weighted by Gasteiger charge is -2.37. The first kappa shape index (κ1) is 12.3. The Morgan fingerprint density at radius 1 is 1.18 bits per heavy atom. The van der Waals surface area contributed by atoms with Crippen LogP contribution in [0.3, 0.4) is 0 Å². The van der Waals surface area contributed by atoms with Crippen molar-refractivity contribution in [1.82, 2.24) is 0 Å². The number of carbonyl (C=O) groups is 1. The third kappa shape index (κ3) is 1.92. The minimum Gasteiger partial charge on any atom is -0.294 e. The van der Waals surface area contributed by atoms with Gasteiger partial charge in [-0.15, -0.1) is 0 Å². The lowest BCUT2D eigenvalue weighted by atomic mass is 9.66. The van der Waals surface area contributed by atoms with Gasteiger partial charge in [0.1, 0.15) is 0 Å². The van der Waals surface area contributed by atoms with Gasteiger partial charge >= 0.3 is 0 Å². The molecule has 1 nitrogen and oxygen atoms in total. The first-order valence-corrected chi connectivity index (χ1v) is 6.83. The third-order valence-electron chi connectivity index (χ3n) is 4.55. The molecule has 0 unspecified atom stereocenters. The molecule has 0 N–H and O–H groups in total. The van der Waals surface area contributed by atoms with E-state index < -0.39 is 0 Å². The molecule has 0 aromatic heterocycles. The average molecular weight is 230 g/mol. The smallest absolute Gasteiger partial charge is 0.163 e. The van der Waals surface area contributed by atoms with Crippen LogP contribution in [0.4, 0.5) is 0 Å². The Morgan fingerprint density at radius 2 is 1.88 bits per heavy atom. The van der Waals surface area contributed by atoms with Crippen molar-refractivity contribution in [2.24, 2.45) is 0 Å². The fourth-order valence-corrected chi connectivity index (χ4v) is 3.10. The number of ketones is 1. The predicted octanol–water partition coefficient (Wildman–Crippen LogP) is 4.28. The molecule has 1 aromatic rings. The van der Waals surface area contributed by atoms with Crippen molar-refractivity contribution in [1.29, 1.82) is 0 Å². The molecule has 0 atom stereocenters. The number of hydrogen-bond acceptors (Lipinski definition) is 1. The molecule has 1 aliphatic rings. The van der Waals surface area contributed by atoms with Crippen molar-refractivity contribution < 1.29 is 4.79 Å². The minimum absolute atomic E-state index is 0.244. The summed E-state index contributed by atoms with van der Waals surface area (Å²) in [5.41, 5.74) is 3.90. The molecule has 1 aliphatic carbocycles. The number of benzene rings is 1. The molecule has 92 valence electrons. The Morgan fingerprint density at radius 3 is 2.47 bits per heavy atom. The van der Waals surface area contributed by atoms with Crippen LogP contribution in [0.5, 0.6) is 0 Å². The maximum absolute atomic E-state index is 12.0. The molecule has 17 heavy (non-hydrogen) atoms. The highest BCUT2D eigenvalue weighted by molar-refractivity contribution is 5.99. The van der Waals surface area contributed by atoms with Crippen molar-refractivity contribution in [3.63, 3.8) is 0 Å². The minimum atomic E-state index is 0.244. The van der Waals surface area contributed by atoms with Crippen molar-refractivity contribution in [3.05, 3.63) is 34.9 Å². The normalized spacial score (nSPS) is 17.9. The Bertz CT molecular complexity index is 427. The molecule has 0 bridgehead atoms. The van der Waals surface area contributed by atoms with Gasteiger partial charge in [0.2, 0.25) is 0 Å². The van der Waals surface area contributed by atoms with Crippen LogP contribution < -0.4 is 0 Å². The van der Waals surface area contributed by atoms with E-state index in [0.717, 1.165) is 37.7 Å². The Kier molecular flexibility index (Phi) is 3.37. The number of carbonyl (C=O) groups excluding carboxylic acids is 1. The van der Waals surface area contributed by atoms with Crippen molar-refractivity contribution >= 4 is 5.78 Å². The van der Waals surface area contributed by atoms with E-state index in [0.29, 0.717) is 5.78 Å². The highest BCUT2D eigenvalue weighted by Crippen LogP contribution is 2.42. The summed E-state index contributed by atoms with van der Waals surface area (Å²) in [6.45, 7) is 6.68. The number of fused-ring (bicyclic) bond motifs is 1. The standard InChI is InChI=1S/C16H22O/c1-4-12-7-8-13-14(11-12)16(5-2,6-3)10-9-15(13)17/h7-8,11H,4-6,9-10H2,1-3H3. The fraction of sp³-hybridized carbons (Fsp3) is 0.562. The van der Waals surface area contributed by atoms with Crippen LogP contribution in [0.1, 0.15) is 67.9 Å². The number of hydrogen-bond donors (Lipinski definition) is 0. The van der Waals surface area contributed by atoms with E-state index in [1.54, 1.807) is 0 Å². The van der Waals surface area contributed by atoms with E-state index in [2.05, 4.69) is 39.0 Å². The van der Waals surface area contributed by atoms with Crippen molar-refractivity contribution in [3.8, 4) is 0 Å². The second-order valence-corrected chi connectivity index (χ2v) is 5.14. The SMILES string of the molecule is CCc1ccc2c(c1)C(CC)(CC)CCC2=O. The Hall–Kier alpha value is -1.11. The summed E-state index contributed by atoms with van der Waals surface area (Å²) < 4.78 is 0. The van der Waals surface area contributed by atoms with Crippen molar-refractivity contribution in [2.45, 2.75) is 58.3 Å². The molecular formula is C16H22O. The second kappa shape index (κ2) is 4.64. The molecule has 0 saturated heterocycles. The third-order valence-corrected chi connectivity index (χ3v) is 4.55. The summed E-state index contributed by atoms with van der Waals surface area (Å²) >= 11 is 0. The molecular weight excluding hydrogens is 208 g/mol. The second-order valence-electron chi connectivity index (χ2n) is 5.14. The van der Waals surface area contributed by atoms with Gasteiger partial charge in [0, 0.05) is 12.0 Å². The number of Topliss-reactive ketones (excluding diaryl/α,β-unsaturated/α-hetero) is 1. The van der Waals surface area contributed by atoms with E-state index >= 15 is 0 Å². The largest absolute Gasteiger partial charge is 0.294 e. The first-order chi connectivity index (χ1) is 8.16. The van der Waals surface area contributed by atoms with Gasteiger partial charge in [-0.05, 0) is 42.2 Å². The molecule has 0 radical (unpaired) electrons. The molecule has 0 aliphatic heterocycles. The van der Waals surface area contributed by atoms with Crippen molar-refractivity contribution in [2.75, 3.05) is 0 Å². The summed E-state index contributed by atoms with van der Waals surface area (Å²) in [5.74, 6) is 0.333. The lowest BCUT2D eigenvalue weighted by molar-refractivity contribution is 0.0948. The summed E-state index contributed by atoms with van der Waals surface area (Å²) in [6, 6.07) is 6.44. The quantitative estimate of drug-likeness (QED) is 0.757. The van der Waals surface area contributed by atoms with Gasteiger partial charge < -0.3 is 0 Å². The summed E-state index contributed by atoms with van der Waals surface area (Å²) in [5, 5.41) is 0. The molecule has 1 aromatic carbocycles. The van der Waals surface area contributed by atoms with Crippen LogP contribution in [0.2, 0.25) is 0 Å². The summed E-state index contributed by atoms with van der Waals surface area (Å²) in [7, 11) is 0. The van der Waals surface area contributed by atoms with E-state index in [1.807, 2.05) is 0 Å². The summed E-state index contributed by atoms with van der Waals surface area (Å²) in [6.07, 6.45) is 5.07. The van der Waals surface area contributed by atoms with Crippen LogP contribution in [0, 0.1) is 0 Å². The molecule has 0 fully saturated rings. The van der Waals surface area contributed by atoms with Crippen LogP contribution in [0.15, 0.2) is 18.2 Å². The maximum atomic E-state index is 12.0. The zero-order valence-electron chi connectivity index (χ0n) is 11.2. The maximum Gasteiger partial charge on any atom is 0.163 e. The molecule has 0 amide bonds. The van der Waals surface area contributed by atoms with E-state index in [4.69, 9.17) is 0 Å². The number of aryl methyl sites for hydroxylation is 1. The lowest BCUT2D eigenvalue weighted by Crippen LogP contribution is -2.32. The van der Waals surface area contributed by atoms with Crippen LogP contribution in [-0.2, 0) is 11.8 Å². The molecule has 1 heteroatoms. The first-order valence-electron chi connectivity index (χ1n) is 6.83. The monoisotopic (exact) mass is 230 g/mol. The van der Waals surface area contributed by atoms with E-state index in [9.17, 15) is 4.79 Å². The van der Waals surface area contributed by atoms with Gasteiger partial charge in [0.05, 0.1) is 0 Å². The van der Waals surface area contributed by atoms with Gasteiger partial charge in [-0.25, -0.2) is 0 Å². The molecule has 0 saturated carbocycles. The number of rotatable bonds is 3. The molecule has 0 heterocycles. The Balaban J connectivity index is 2.59. The molecule has 0 spiro atoms. The average Bonchev–Trinajstić information content (AvgIpc) is 2.39. The van der Waals surface area contributed by atoms with Gasteiger partial charge in [0.25, 0.3) is 0 Å². The predicted molar refractivity (Wildman–Crippen MR) is 71.6 cm³/mol. The van der Waals surface area contributed by atoms with Crippen LogP contribution in [0.25, 0.3) is 0 Å². The summed E-state index contributed by atoms with van der Waals surface area (Å²) in [4.78, 5) is 12.0. The highest BCUT2D eigenvalue weighted by Gasteiger charge is 2.36. The highest BCUT2D eigenvalue weighted by atomic mass is 16.1. The Labute approximate surface area is 104 Å². The van der Waals surface area contributed by atoms with Crippen LogP contribution >= 0.6 is 0 Å². The van der Waals surface area contributed by atoms with Crippen LogP contribution in [-0.4, -0.2) is 5.78 Å². The zero-order valence-corrected chi connectivity index (χ0v) is 11.2. The fourth-order valence-electron chi connectivity index (χ4n) is 3.10. The van der Waals surface area contributed by atoms with E-state index in [1.165, 1.54) is 11.1 Å². The van der Waals surface area contributed by atoms with Gasteiger partial charge in [0.15, 0.2) is 5.78 Å². The topological polar surface area (TPSA) is 17.1 Å². The molecule has 2 rings (SSSR count).